The number of nitrogens with zero attached hydrogens (tertiary/aromatic N) is 5. The quantitative estimate of drug-likeness (QED) is 0.772. The van der Waals surface area contributed by atoms with Crippen molar-refractivity contribution in [3.05, 3.63) is 17.8 Å². The summed E-state index contributed by atoms with van der Waals surface area (Å²) in [6, 6.07) is 0. The van der Waals surface area contributed by atoms with Gasteiger partial charge in [0.1, 0.15) is 6.33 Å². The summed E-state index contributed by atoms with van der Waals surface area (Å²) < 4.78 is 1.66. The molecule has 0 bridgehead atoms. The van der Waals surface area contributed by atoms with Crippen LogP contribution in [0.15, 0.2) is 6.33 Å². The summed E-state index contributed by atoms with van der Waals surface area (Å²) >= 11 is 0. The molecule has 0 saturated heterocycles. The lowest BCUT2D eigenvalue weighted by atomic mass is 10.2. The highest BCUT2D eigenvalue weighted by atomic mass is 15.4. The molecule has 15 heavy (non-hydrogen) atoms. The molecule has 6 nitrogen and oxygen atoms in total. The highest BCUT2D eigenvalue weighted by molar-refractivity contribution is 5.41. The molecule has 0 saturated carbocycles. The van der Waals surface area contributed by atoms with Crippen LogP contribution in [-0.4, -0.2) is 31.3 Å². The molecule has 0 spiro atoms. The largest absolute Gasteiger partial charge is 0.330 e. The second kappa shape index (κ2) is 3.90. The molecule has 0 fully saturated rings. The molecule has 2 aromatic rings. The zero-order valence-corrected chi connectivity index (χ0v) is 8.88. The Bertz CT molecular complexity index is 461. The minimum atomic E-state index is 0.285. The fraction of sp³-hybridized carbons (Fsp3) is 0.556. The summed E-state index contributed by atoms with van der Waals surface area (Å²) in [5.74, 6) is 1.08. The molecule has 2 aromatic heterocycles. The zero-order valence-electron chi connectivity index (χ0n) is 8.88. The van der Waals surface area contributed by atoms with Crippen LogP contribution in [0, 0.1) is 0 Å². The number of hydrogen-bond donors (Lipinski definition) is 1. The summed E-state index contributed by atoms with van der Waals surface area (Å²) in [5, 5.41) is 12.1. The van der Waals surface area contributed by atoms with E-state index in [9.17, 15) is 0 Å². The van der Waals surface area contributed by atoms with Crippen LogP contribution in [0.5, 0.6) is 0 Å². The monoisotopic (exact) mass is 206 g/mol. The van der Waals surface area contributed by atoms with E-state index >= 15 is 0 Å². The van der Waals surface area contributed by atoms with Gasteiger partial charge in [-0.2, -0.15) is 4.52 Å². The van der Waals surface area contributed by atoms with E-state index in [1.54, 1.807) is 10.8 Å². The second-order valence-corrected chi connectivity index (χ2v) is 3.71. The predicted octanol–water partition coefficient (Wildman–Crippen LogP) is 0.144. The fourth-order valence-electron chi connectivity index (χ4n) is 1.36. The lowest BCUT2D eigenvalue weighted by Crippen LogP contribution is -2.11. The summed E-state index contributed by atoms with van der Waals surface area (Å²) in [5.41, 5.74) is 7.10. The lowest BCUT2D eigenvalue weighted by Gasteiger charge is -2.06. The molecule has 0 aliphatic carbocycles. The second-order valence-electron chi connectivity index (χ2n) is 3.71. The van der Waals surface area contributed by atoms with Gasteiger partial charge in [0.15, 0.2) is 11.5 Å². The molecule has 80 valence electrons. The Labute approximate surface area is 87.5 Å². The molecular formula is C9H14N6. The lowest BCUT2D eigenvalue weighted by molar-refractivity contribution is 0.699. The van der Waals surface area contributed by atoms with Gasteiger partial charge in [0.25, 0.3) is 0 Å². The van der Waals surface area contributed by atoms with Gasteiger partial charge in [0.05, 0.1) is 5.69 Å². The fourth-order valence-corrected chi connectivity index (χ4v) is 1.36. The number of aromatic nitrogens is 5. The van der Waals surface area contributed by atoms with Crippen molar-refractivity contribution in [2.75, 3.05) is 6.54 Å². The van der Waals surface area contributed by atoms with E-state index in [-0.39, 0.29) is 5.92 Å². The molecule has 2 heterocycles. The summed E-state index contributed by atoms with van der Waals surface area (Å²) in [6.45, 7) is 4.66. The van der Waals surface area contributed by atoms with E-state index in [1.165, 1.54) is 0 Å². The zero-order chi connectivity index (χ0) is 10.8. The third-order valence-electron chi connectivity index (χ3n) is 2.15. The minimum absolute atomic E-state index is 0.285. The van der Waals surface area contributed by atoms with Crippen molar-refractivity contribution in [1.82, 2.24) is 24.8 Å². The number of fused-ring (bicyclic) bond motifs is 1. The predicted molar refractivity (Wildman–Crippen MR) is 55.4 cm³/mol. The van der Waals surface area contributed by atoms with E-state index < -0.39 is 0 Å². The molecule has 0 aliphatic rings. The highest BCUT2D eigenvalue weighted by Gasteiger charge is 2.11. The maximum absolute atomic E-state index is 5.53. The standard InChI is InChI=1S/C9H14N6/c1-6(2)8-12-7(3-4-10)9-13-11-5-15(9)14-8/h5-6H,3-4,10H2,1-2H3. The van der Waals surface area contributed by atoms with E-state index in [0.29, 0.717) is 18.6 Å². The average Bonchev–Trinajstić information content (AvgIpc) is 2.65. The maximum Gasteiger partial charge on any atom is 0.199 e. The molecule has 0 aliphatic heterocycles. The van der Waals surface area contributed by atoms with Gasteiger partial charge in [0, 0.05) is 12.3 Å². The van der Waals surface area contributed by atoms with Gasteiger partial charge in [-0.05, 0) is 6.54 Å². The minimum Gasteiger partial charge on any atom is -0.330 e. The first kappa shape index (κ1) is 9.97. The van der Waals surface area contributed by atoms with Gasteiger partial charge in [-0.15, -0.1) is 15.3 Å². The molecule has 0 unspecified atom stereocenters. The number of hydrogen-bond acceptors (Lipinski definition) is 5. The van der Waals surface area contributed by atoms with Gasteiger partial charge in [-0.1, -0.05) is 13.8 Å². The van der Waals surface area contributed by atoms with Crippen molar-refractivity contribution in [3.8, 4) is 0 Å². The van der Waals surface area contributed by atoms with Crippen LogP contribution in [-0.2, 0) is 6.42 Å². The topological polar surface area (TPSA) is 82.0 Å². The van der Waals surface area contributed by atoms with Crippen LogP contribution in [0.3, 0.4) is 0 Å². The molecule has 2 rings (SSSR count). The average molecular weight is 206 g/mol. The van der Waals surface area contributed by atoms with E-state index in [1.807, 2.05) is 0 Å². The van der Waals surface area contributed by atoms with Crippen molar-refractivity contribution in [2.45, 2.75) is 26.2 Å². The Morgan fingerprint density at radius 3 is 2.93 bits per heavy atom. The molecule has 0 radical (unpaired) electrons. The van der Waals surface area contributed by atoms with Crippen LogP contribution in [0.4, 0.5) is 0 Å². The summed E-state index contributed by atoms with van der Waals surface area (Å²) in [4.78, 5) is 4.45. The van der Waals surface area contributed by atoms with Gasteiger partial charge in [-0.3, -0.25) is 0 Å². The number of rotatable bonds is 3. The molecular weight excluding hydrogens is 192 g/mol. The first-order valence-electron chi connectivity index (χ1n) is 4.99. The Hall–Kier alpha value is -1.56. The van der Waals surface area contributed by atoms with Crippen LogP contribution in [0.25, 0.3) is 5.65 Å². The Morgan fingerprint density at radius 1 is 1.47 bits per heavy atom. The third-order valence-corrected chi connectivity index (χ3v) is 2.15. The van der Waals surface area contributed by atoms with Crippen molar-refractivity contribution in [1.29, 1.82) is 0 Å². The van der Waals surface area contributed by atoms with E-state index in [2.05, 4.69) is 34.1 Å². The SMILES string of the molecule is CC(C)c1nc(CCN)c2nncn2n1. The molecule has 0 atom stereocenters. The van der Waals surface area contributed by atoms with Crippen LogP contribution < -0.4 is 5.73 Å². The Kier molecular flexibility index (Phi) is 2.59. The maximum atomic E-state index is 5.53. The molecule has 0 aromatic carbocycles. The molecule has 2 N–H and O–H groups in total. The summed E-state index contributed by atoms with van der Waals surface area (Å²) in [6.07, 6.45) is 2.29. The first-order valence-corrected chi connectivity index (χ1v) is 4.99. The van der Waals surface area contributed by atoms with Crippen LogP contribution >= 0.6 is 0 Å². The Morgan fingerprint density at radius 2 is 2.27 bits per heavy atom. The smallest absolute Gasteiger partial charge is 0.199 e. The van der Waals surface area contributed by atoms with Gasteiger partial charge >= 0.3 is 0 Å². The van der Waals surface area contributed by atoms with E-state index in [0.717, 1.165) is 11.5 Å². The normalized spacial score (nSPS) is 11.5. The summed E-state index contributed by atoms with van der Waals surface area (Å²) in [7, 11) is 0. The molecule has 0 amide bonds. The first-order chi connectivity index (χ1) is 7.22. The third kappa shape index (κ3) is 1.80. The van der Waals surface area contributed by atoms with Crippen LogP contribution in [0.1, 0.15) is 31.3 Å². The van der Waals surface area contributed by atoms with Crippen LogP contribution in [0.2, 0.25) is 0 Å². The van der Waals surface area contributed by atoms with Gasteiger partial charge < -0.3 is 5.73 Å². The number of nitrogens with two attached hydrogens (primary N) is 1. The van der Waals surface area contributed by atoms with Gasteiger partial charge in [0.2, 0.25) is 0 Å². The van der Waals surface area contributed by atoms with Crippen molar-refractivity contribution >= 4 is 5.65 Å². The van der Waals surface area contributed by atoms with Crippen molar-refractivity contribution in [3.63, 3.8) is 0 Å². The van der Waals surface area contributed by atoms with Crippen molar-refractivity contribution in [2.24, 2.45) is 5.73 Å². The van der Waals surface area contributed by atoms with Gasteiger partial charge in [-0.25, -0.2) is 4.98 Å². The Balaban J connectivity index is 2.58. The highest BCUT2D eigenvalue weighted by Crippen LogP contribution is 2.11. The molecule has 6 heteroatoms. The van der Waals surface area contributed by atoms with Crippen molar-refractivity contribution < 1.29 is 0 Å². The van der Waals surface area contributed by atoms with E-state index in [4.69, 9.17) is 5.73 Å².